The average molecular weight is 499 g/mol. The molecule has 2 heterocycles. The molecule has 1 fully saturated rings. The summed E-state index contributed by atoms with van der Waals surface area (Å²) in [6, 6.07) is 14.0. The Bertz CT molecular complexity index is 1370. The SMILES string of the molecule is CN(C1CCCC1)S(=O)(=O)c1ccc(C(=O)Nc2nc(-c3nc4ccccc4s3)cs2)cc1. The quantitative estimate of drug-likeness (QED) is 0.393. The minimum Gasteiger partial charge on any atom is -0.298 e. The van der Waals surface area contributed by atoms with Crippen molar-refractivity contribution >= 4 is 54.0 Å². The second kappa shape index (κ2) is 8.94. The van der Waals surface area contributed by atoms with Gasteiger partial charge in [0.15, 0.2) is 5.13 Å². The first-order valence-electron chi connectivity index (χ1n) is 10.6. The first-order chi connectivity index (χ1) is 15.9. The maximum absolute atomic E-state index is 12.9. The van der Waals surface area contributed by atoms with Gasteiger partial charge in [0.25, 0.3) is 5.91 Å². The van der Waals surface area contributed by atoms with Crippen molar-refractivity contribution in [2.75, 3.05) is 12.4 Å². The van der Waals surface area contributed by atoms with Crippen LogP contribution >= 0.6 is 22.7 Å². The zero-order valence-corrected chi connectivity index (χ0v) is 20.3. The van der Waals surface area contributed by atoms with Gasteiger partial charge in [-0.25, -0.2) is 18.4 Å². The fourth-order valence-corrected chi connectivity index (χ4v) is 7.10. The standard InChI is InChI=1S/C23H22N4O3S3/c1-27(16-6-2-3-7-16)33(29,30)17-12-10-15(11-13-17)21(28)26-23-25-19(14-31-23)22-24-18-8-4-5-9-20(18)32-22/h4-5,8-14,16H,2-3,6-7H2,1H3,(H,25,26,28). The predicted octanol–water partition coefficient (Wildman–Crippen LogP) is 5.24. The number of sulfonamides is 1. The van der Waals surface area contributed by atoms with Crippen molar-refractivity contribution in [1.82, 2.24) is 14.3 Å². The Labute approximate surface area is 200 Å². The van der Waals surface area contributed by atoms with E-state index in [9.17, 15) is 13.2 Å². The molecule has 0 aliphatic heterocycles. The number of fused-ring (bicyclic) bond motifs is 1. The van der Waals surface area contributed by atoms with Crippen molar-refractivity contribution in [2.24, 2.45) is 0 Å². The van der Waals surface area contributed by atoms with Gasteiger partial charge in [0.2, 0.25) is 10.0 Å². The van der Waals surface area contributed by atoms with Gasteiger partial charge in [0, 0.05) is 24.0 Å². The molecule has 4 aromatic rings. The monoisotopic (exact) mass is 498 g/mol. The van der Waals surface area contributed by atoms with E-state index >= 15 is 0 Å². The number of nitrogens with zero attached hydrogens (tertiary/aromatic N) is 3. The van der Waals surface area contributed by atoms with Crippen LogP contribution in [0.2, 0.25) is 0 Å². The zero-order chi connectivity index (χ0) is 23.0. The minimum atomic E-state index is -3.58. The lowest BCUT2D eigenvalue weighted by Gasteiger charge is -2.23. The van der Waals surface area contributed by atoms with Crippen LogP contribution in [-0.2, 0) is 10.0 Å². The van der Waals surface area contributed by atoms with E-state index in [-0.39, 0.29) is 16.8 Å². The van der Waals surface area contributed by atoms with Gasteiger partial charge in [0.1, 0.15) is 10.7 Å². The molecule has 1 saturated carbocycles. The van der Waals surface area contributed by atoms with Gasteiger partial charge in [-0.05, 0) is 49.2 Å². The normalized spacial score (nSPS) is 14.8. The highest BCUT2D eigenvalue weighted by Crippen LogP contribution is 2.32. The third kappa shape index (κ3) is 4.43. The number of benzene rings is 2. The molecule has 1 amide bonds. The lowest BCUT2D eigenvalue weighted by atomic mass is 10.2. The highest BCUT2D eigenvalue weighted by atomic mass is 32.2. The number of hydrogen-bond donors (Lipinski definition) is 1. The molecule has 5 rings (SSSR count). The number of carbonyl (C=O) groups excluding carboxylic acids is 1. The van der Waals surface area contributed by atoms with Gasteiger partial charge in [-0.15, -0.1) is 22.7 Å². The number of hydrogen-bond acceptors (Lipinski definition) is 7. The van der Waals surface area contributed by atoms with Crippen LogP contribution < -0.4 is 5.32 Å². The summed E-state index contributed by atoms with van der Waals surface area (Å²) < 4.78 is 28.4. The third-order valence-electron chi connectivity index (χ3n) is 5.87. The Morgan fingerprint density at radius 2 is 1.79 bits per heavy atom. The Morgan fingerprint density at radius 1 is 1.06 bits per heavy atom. The summed E-state index contributed by atoms with van der Waals surface area (Å²) >= 11 is 2.88. The molecule has 2 aromatic heterocycles. The van der Waals surface area contributed by atoms with E-state index in [2.05, 4.69) is 15.3 Å². The molecule has 170 valence electrons. The number of rotatable bonds is 6. The van der Waals surface area contributed by atoms with Gasteiger partial charge >= 0.3 is 0 Å². The lowest BCUT2D eigenvalue weighted by Crippen LogP contribution is -2.35. The van der Waals surface area contributed by atoms with Crippen molar-refractivity contribution in [2.45, 2.75) is 36.6 Å². The second-order valence-electron chi connectivity index (χ2n) is 7.96. The van der Waals surface area contributed by atoms with E-state index in [0.29, 0.717) is 16.4 Å². The minimum absolute atomic E-state index is 0.0486. The van der Waals surface area contributed by atoms with Crippen molar-refractivity contribution in [3.8, 4) is 10.7 Å². The van der Waals surface area contributed by atoms with E-state index < -0.39 is 10.0 Å². The third-order valence-corrected chi connectivity index (χ3v) is 9.61. The van der Waals surface area contributed by atoms with Crippen LogP contribution in [-0.4, -0.2) is 41.7 Å². The molecule has 1 N–H and O–H groups in total. The number of thiazole rings is 2. The first kappa shape index (κ1) is 22.1. The highest BCUT2D eigenvalue weighted by molar-refractivity contribution is 7.89. The van der Waals surface area contributed by atoms with E-state index in [1.807, 2.05) is 29.6 Å². The molecule has 1 aliphatic carbocycles. The fourth-order valence-electron chi connectivity index (χ4n) is 3.99. The predicted molar refractivity (Wildman–Crippen MR) is 132 cm³/mol. The Balaban J connectivity index is 1.28. The number of amides is 1. The van der Waals surface area contributed by atoms with E-state index in [1.165, 1.54) is 39.9 Å². The van der Waals surface area contributed by atoms with Crippen LogP contribution in [0.15, 0.2) is 58.8 Å². The summed E-state index contributed by atoms with van der Waals surface area (Å²) in [5.74, 6) is -0.340. The van der Waals surface area contributed by atoms with Crippen LogP contribution in [0.25, 0.3) is 20.9 Å². The highest BCUT2D eigenvalue weighted by Gasteiger charge is 2.30. The molecule has 0 atom stereocenters. The second-order valence-corrected chi connectivity index (χ2v) is 11.8. The fraction of sp³-hybridized carbons (Fsp3) is 0.261. The van der Waals surface area contributed by atoms with Gasteiger partial charge in [0.05, 0.1) is 15.1 Å². The molecule has 0 bridgehead atoms. The van der Waals surface area contributed by atoms with Crippen LogP contribution in [0.3, 0.4) is 0 Å². The van der Waals surface area contributed by atoms with E-state index in [4.69, 9.17) is 0 Å². The van der Waals surface area contributed by atoms with E-state index in [1.54, 1.807) is 18.4 Å². The van der Waals surface area contributed by atoms with Crippen LogP contribution in [0, 0.1) is 0 Å². The molecule has 0 saturated heterocycles. The topological polar surface area (TPSA) is 92.3 Å². The number of aromatic nitrogens is 2. The maximum Gasteiger partial charge on any atom is 0.257 e. The molecule has 2 aromatic carbocycles. The molecule has 33 heavy (non-hydrogen) atoms. The molecule has 0 radical (unpaired) electrons. The van der Waals surface area contributed by atoms with Crippen molar-refractivity contribution in [1.29, 1.82) is 0 Å². The molecule has 7 nitrogen and oxygen atoms in total. The van der Waals surface area contributed by atoms with Crippen molar-refractivity contribution in [3.05, 3.63) is 59.5 Å². The summed E-state index contributed by atoms with van der Waals surface area (Å²) in [4.78, 5) is 22.0. The summed E-state index contributed by atoms with van der Waals surface area (Å²) in [7, 11) is -1.94. The molecular formula is C23H22N4O3S3. The van der Waals surface area contributed by atoms with Crippen LogP contribution in [0.1, 0.15) is 36.0 Å². The first-order valence-corrected chi connectivity index (χ1v) is 13.8. The van der Waals surface area contributed by atoms with Crippen LogP contribution in [0.5, 0.6) is 0 Å². The van der Waals surface area contributed by atoms with Crippen molar-refractivity contribution < 1.29 is 13.2 Å². The number of anilines is 1. The molecular weight excluding hydrogens is 476 g/mol. The largest absolute Gasteiger partial charge is 0.298 e. The maximum atomic E-state index is 12.9. The lowest BCUT2D eigenvalue weighted by molar-refractivity contribution is 0.102. The molecule has 1 aliphatic rings. The number of nitrogens with one attached hydrogen (secondary N) is 1. The Kier molecular flexibility index (Phi) is 6.00. The number of carbonyl (C=O) groups is 1. The molecule has 0 unspecified atom stereocenters. The summed E-state index contributed by atoms with van der Waals surface area (Å²) in [6.45, 7) is 0. The van der Waals surface area contributed by atoms with Crippen LogP contribution in [0.4, 0.5) is 5.13 Å². The summed E-state index contributed by atoms with van der Waals surface area (Å²) in [5.41, 5.74) is 2.01. The van der Waals surface area contributed by atoms with Crippen molar-refractivity contribution in [3.63, 3.8) is 0 Å². The van der Waals surface area contributed by atoms with Gasteiger partial charge in [-0.3, -0.25) is 10.1 Å². The molecule has 10 heteroatoms. The zero-order valence-electron chi connectivity index (χ0n) is 17.9. The Morgan fingerprint density at radius 3 is 2.52 bits per heavy atom. The smallest absolute Gasteiger partial charge is 0.257 e. The van der Waals surface area contributed by atoms with E-state index in [0.717, 1.165) is 40.9 Å². The molecule has 0 spiro atoms. The summed E-state index contributed by atoms with van der Waals surface area (Å²) in [6.07, 6.45) is 3.90. The van der Waals surface area contributed by atoms with Gasteiger partial charge < -0.3 is 0 Å². The average Bonchev–Trinajstić information content (AvgIpc) is 3.59. The summed E-state index contributed by atoms with van der Waals surface area (Å²) in [5, 5.41) is 5.92. The Hall–Kier alpha value is -2.66. The van der Waals surface area contributed by atoms with Gasteiger partial charge in [-0.1, -0.05) is 25.0 Å². The van der Waals surface area contributed by atoms with Gasteiger partial charge in [-0.2, -0.15) is 4.31 Å². The number of para-hydroxylation sites is 1.